The van der Waals surface area contributed by atoms with E-state index in [1.54, 1.807) is 0 Å². The van der Waals surface area contributed by atoms with Gasteiger partial charge in [0.15, 0.2) is 5.75 Å². The average molecular weight is 544 g/mol. The molecule has 2 amide bonds. The monoisotopic (exact) mass is 543 g/mol. The van der Waals surface area contributed by atoms with Gasteiger partial charge in [0.25, 0.3) is 5.91 Å². The molecule has 0 aliphatic heterocycles. The molecule has 5 rings (SSSR count). The normalized spacial score (nSPS) is 11.6. The molecule has 0 radical (unpaired) electrons. The van der Waals surface area contributed by atoms with Crippen LogP contribution in [-0.4, -0.2) is 34.8 Å². The molecule has 206 valence electrons. The lowest BCUT2D eigenvalue weighted by atomic mass is 10.0. The van der Waals surface area contributed by atoms with Gasteiger partial charge in [-0.2, -0.15) is 0 Å². The number of para-hydroxylation sites is 1. The first kappa shape index (κ1) is 27.6. The number of nitrogens with two attached hydrogens (primary N) is 1. The number of primary amides is 1. The molecular weight excluding hydrogens is 510 g/mol. The van der Waals surface area contributed by atoms with Crippen LogP contribution in [0.25, 0.3) is 22.2 Å². The summed E-state index contributed by atoms with van der Waals surface area (Å²) in [6, 6.07) is 36.6. The molecule has 1 atom stereocenters. The first-order valence-corrected chi connectivity index (χ1v) is 13.9. The lowest BCUT2D eigenvalue weighted by Crippen LogP contribution is -2.39. The highest BCUT2D eigenvalue weighted by Crippen LogP contribution is 2.36. The molecular formula is C35H33N3O3. The smallest absolute Gasteiger partial charge is 0.253 e. The Balaban J connectivity index is 1.50. The second kappa shape index (κ2) is 12.9. The summed E-state index contributed by atoms with van der Waals surface area (Å²) in [6.07, 6.45) is 1.02. The van der Waals surface area contributed by atoms with Crippen LogP contribution in [0.3, 0.4) is 0 Å². The predicted octanol–water partition coefficient (Wildman–Crippen LogP) is 6.60. The largest absolute Gasteiger partial charge is 0.489 e. The van der Waals surface area contributed by atoms with Crippen LogP contribution in [-0.2, 0) is 11.2 Å². The van der Waals surface area contributed by atoms with E-state index < -0.39 is 5.91 Å². The first-order chi connectivity index (χ1) is 20.1. The van der Waals surface area contributed by atoms with Crippen LogP contribution in [0.15, 0.2) is 115 Å². The summed E-state index contributed by atoms with van der Waals surface area (Å²) < 4.78 is 6.40. The molecule has 5 aromatic rings. The summed E-state index contributed by atoms with van der Waals surface area (Å²) in [6.45, 7) is 2.55. The van der Waals surface area contributed by atoms with Crippen molar-refractivity contribution in [3.8, 4) is 17.0 Å². The third-order valence-electron chi connectivity index (χ3n) is 7.19. The molecule has 6 heteroatoms. The third-order valence-corrected chi connectivity index (χ3v) is 7.19. The van der Waals surface area contributed by atoms with E-state index in [0.717, 1.165) is 23.1 Å². The van der Waals surface area contributed by atoms with Crippen molar-refractivity contribution >= 4 is 22.7 Å². The zero-order chi connectivity index (χ0) is 28.6. The van der Waals surface area contributed by atoms with Crippen molar-refractivity contribution in [3.63, 3.8) is 0 Å². The van der Waals surface area contributed by atoms with Gasteiger partial charge in [-0.25, -0.2) is 4.98 Å². The predicted molar refractivity (Wildman–Crippen MR) is 163 cm³/mol. The molecule has 1 aromatic heterocycles. The number of ether oxygens (including phenoxy) is 1. The molecule has 0 bridgehead atoms. The molecule has 4 aromatic carbocycles. The highest BCUT2D eigenvalue weighted by atomic mass is 16.5. The third kappa shape index (κ3) is 6.28. The van der Waals surface area contributed by atoms with Gasteiger partial charge in [-0.1, -0.05) is 116 Å². The topological polar surface area (TPSA) is 85.5 Å². The maximum atomic E-state index is 13.8. The van der Waals surface area contributed by atoms with Gasteiger partial charge in [-0.05, 0) is 23.6 Å². The minimum absolute atomic E-state index is 0.00514. The molecule has 2 N–H and O–H groups in total. The SMILES string of the molecule is CC[C@@H](c1ccccc1)N(CCOc1c(-c2ccccc2)nc2ccccc2c1C(N)=O)C(=O)Cc1ccccc1. The Morgan fingerprint density at radius 1 is 0.829 bits per heavy atom. The Morgan fingerprint density at radius 2 is 1.44 bits per heavy atom. The van der Waals surface area contributed by atoms with Crippen molar-refractivity contribution in [2.45, 2.75) is 25.8 Å². The number of carbonyl (C=O) groups is 2. The van der Waals surface area contributed by atoms with Crippen molar-refractivity contribution in [3.05, 3.63) is 132 Å². The van der Waals surface area contributed by atoms with E-state index in [9.17, 15) is 9.59 Å². The molecule has 0 spiro atoms. The van der Waals surface area contributed by atoms with Crippen molar-refractivity contribution in [2.24, 2.45) is 5.73 Å². The number of carbonyl (C=O) groups excluding carboxylic acids is 2. The fraction of sp³-hybridized carbons (Fsp3) is 0.171. The Hall–Kier alpha value is -4.97. The summed E-state index contributed by atoms with van der Waals surface area (Å²) in [5, 5.41) is 0.627. The lowest BCUT2D eigenvalue weighted by molar-refractivity contribution is -0.133. The molecule has 41 heavy (non-hydrogen) atoms. The first-order valence-electron chi connectivity index (χ1n) is 13.9. The van der Waals surface area contributed by atoms with Crippen LogP contribution < -0.4 is 10.5 Å². The summed E-state index contributed by atoms with van der Waals surface area (Å²) in [4.78, 5) is 33.3. The van der Waals surface area contributed by atoms with Gasteiger partial charge in [0.1, 0.15) is 12.3 Å². The zero-order valence-electron chi connectivity index (χ0n) is 23.1. The molecule has 0 fully saturated rings. The molecule has 0 saturated carbocycles. The number of pyridine rings is 1. The second-order valence-corrected chi connectivity index (χ2v) is 9.84. The van der Waals surface area contributed by atoms with Gasteiger partial charge in [-0.15, -0.1) is 0 Å². The van der Waals surface area contributed by atoms with E-state index in [2.05, 4.69) is 6.92 Å². The highest BCUT2D eigenvalue weighted by molar-refractivity contribution is 6.09. The van der Waals surface area contributed by atoms with Crippen molar-refractivity contribution in [1.82, 2.24) is 9.88 Å². The van der Waals surface area contributed by atoms with Gasteiger partial charge >= 0.3 is 0 Å². The van der Waals surface area contributed by atoms with Crippen LogP contribution in [0.4, 0.5) is 0 Å². The Labute approximate surface area is 240 Å². The number of rotatable bonds is 11. The van der Waals surface area contributed by atoms with E-state index in [-0.39, 0.29) is 30.5 Å². The summed E-state index contributed by atoms with van der Waals surface area (Å²) >= 11 is 0. The Morgan fingerprint density at radius 3 is 2.10 bits per heavy atom. The second-order valence-electron chi connectivity index (χ2n) is 9.84. The number of hydrogen-bond donors (Lipinski definition) is 1. The van der Waals surface area contributed by atoms with Crippen LogP contribution in [0.2, 0.25) is 0 Å². The van der Waals surface area contributed by atoms with Gasteiger partial charge < -0.3 is 15.4 Å². The van der Waals surface area contributed by atoms with Crippen LogP contribution in [0, 0.1) is 0 Å². The van der Waals surface area contributed by atoms with Gasteiger partial charge in [0, 0.05) is 10.9 Å². The number of nitrogens with zero attached hydrogens (tertiary/aromatic N) is 2. The van der Waals surface area contributed by atoms with E-state index in [0.29, 0.717) is 28.9 Å². The van der Waals surface area contributed by atoms with Crippen molar-refractivity contribution in [1.29, 1.82) is 0 Å². The minimum atomic E-state index is -0.594. The molecule has 0 aliphatic rings. The molecule has 1 heterocycles. The Bertz CT molecular complexity index is 1620. The molecule has 0 saturated heterocycles. The van der Waals surface area contributed by atoms with Gasteiger partial charge in [0.05, 0.1) is 30.1 Å². The quantitative estimate of drug-likeness (QED) is 0.203. The van der Waals surface area contributed by atoms with E-state index >= 15 is 0 Å². The van der Waals surface area contributed by atoms with Gasteiger partial charge in [-0.3, -0.25) is 9.59 Å². The number of benzene rings is 4. The van der Waals surface area contributed by atoms with E-state index in [1.807, 2.05) is 120 Å². The van der Waals surface area contributed by atoms with Crippen LogP contribution in [0.5, 0.6) is 5.75 Å². The van der Waals surface area contributed by atoms with Crippen molar-refractivity contribution in [2.75, 3.05) is 13.2 Å². The highest BCUT2D eigenvalue weighted by Gasteiger charge is 2.26. The fourth-order valence-electron chi connectivity index (χ4n) is 5.25. The lowest BCUT2D eigenvalue weighted by Gasteiger charge is -2.32. The van der Waals surface area contributed by atoms with Crippen LogP contribution >= 0.6 is 0 Å². The fourth-order valence-corrected chi connectivity index (χ4v) is 5.25. The molecule has 6 nitrogen and oxygen atoms in total. The Kier molecular flexibility index (Phi) is 8.70. The molecule has 0 aliphatic carbocycles. The summed E-state index contributed by atoms with van der Waals surface area (Å²) in [5.74, 6) is -0.264. The van der Waals surface area contributed by atoms with E-state index in [4.69, 9.17) is 15.5 Å². The van der Waals surface area contributed by atoms with Gasteiger partial charge in [0.2, 0.25) is 5.91 Å². The number of fused-ring (bicyclic) bond motifs is 1. The zero-order valence-corrected chi connectivity index (χ0v) is 23.1. The average Bonchev–Trinajstić information content (AvgIpc) is 3.01. The summed E-state index contributed by atoms with van der Waals surface area (Å²) in [7, 11) is 0. The maximum Gasteiger partial charge on any atom is 0.253 e. The molecule has 0 unspecified atom stereocenters. The maximum absolute atomic E-state index is 13.8. The van der Waals surface area contributed by atoms with Crippen LogP contribution in [0.1, 0.15) is 40.9 Å². The van der Waals surface area contributed by atoms with Crippen molar-refractivity contribution < 1.29 is 14.3 Å². The number of aromatic nitrogens is 1. The van der Waals surface area contributed by atoms with E-state index in [1.165, 1.54) is 0 Å². The summed E-state index contributed by atoms with van der Waals surface area (Å²) in [5.41, 5.74) is 10.2. The number of hydrogen-bond acceptors (Lipinski definition) is 4. The minimum Gasteiger partial charge on any atom is -0.489 e. The standard InChI is InChI=1S/C35H33N3O3/c1-2-30(26-16-8-4-9-17-26)38(31(39)24-25-14-6-3-7-15-25)22-23-41-34-32(35(36)40)28-20-12-13-21-29(28)37-33(34)27-18-10-5-11-19-27/h3-21,30H,2,22-24H2,1H3,(H2,36,40)/t30-/m0/s1. The number of amides is 2.